The molecule has 1 aliphatic rings. The first-order valence-electron chi connectivity index (χ1n) is 4.89. The molecule has 0 saturated carbocycles. The van der Waals surface area contributed by atoms with Gasteiger partial charge in [-0.25, -0.2) is 9.97 Å². The van der Waals surface area contributed by atoms with Gasteiger partial charge in [0.25, 0.3) is 0 Å². The summed E-state index contributed by atoms with van der Waals surface area (Å²) < 4.78 is 0. The van der Waals surface area contributed by atoms with Crippen molar-refractivity contribution in [2.45, 2.75) is 12.8 Å². The summed E-state index contributed by atoms with van der Waals surface area (Å²) >= 11 is 1.61. The summed E-state index contributed by atoms with van der Waals surface area (Å²) in [7, 11) is 0. The first-order valence-corrected chi connectivity index (χ1v) is 5.77. The third-order valence-corrected chi connectivity index (χ3v) is 3.35. The Morgan fingerprint density at radius 1 is 1.21 bits per heavy atom. The molecule has 0 aliphatic carbocycles. The van der Waals surface area contributed by atoms with Crippen LogP contribution in [0.25, 0.3) is 10.3 Å². The van der Waals surface area contributed by atoms with Crippen molar-refractivity contribution < 1.29 is 0 Å². The van der Waals surface area contributed by atoms with Crippen molar-refractivity contribution in [3.63, 3.8) is 0 Å². The Kier molecular flexibility index (Phi) is 1.87. The summed E-state index contributed by atoms with van der Waals surface area (Å²) in [6.07, 6.45) is 2.59. The van der Waals surface area contributed by atoms with Crippen molar-refractivity contribution in [3.8, 4) is 0 Å². The molecule has 2 aromatic heterocycles. The smallest absolute Gasteiger partial charge is 0.145 e. The molecule has 3 nitrogen and oxygen atoms in total. The zero-order chi connectivity index (χ0) is 9.38. The predicted octanol–water partition coefficient (Wildman–Crippen LogP) is 2.29. The molecule has 14 heavy (non-hydrogen) atoms. The van der Waals surface area contributed by atoms with Crippen LogP contribution in [0.2, 0.25) is 0 Å². The van der Waals surface area contributed by atoms with Gasteiger partial charge in [0.1, 0.15) is 16.2 Å². The van der Waals surface area contributed by atoms with E-state index in [2.05, 4.69) is 27.0 Å². The summed E-state index contributed by atoms with van der Waals surface area (Å²) in [5, 5.41) is 0. The lowest BCUT2D eigenvalue weighted by Crippen LogP contribution is -2.18. The minimum absolute atomic E-state index is 1.01. The standard InChI is InChI=1S/C10H11N3S/c1-2-6-13(5-1)9-4-3-8-10(12-9)14-7-11-8/h3-4,7H,1-2,5-6H2. The quantitative estimate of drug-likeness (QED) is 0.715. The van der Waals surface area contributed by atoms with E-state index >= 15 is 0 Å². The highest BCUT2D eigenvalue weighted by atomic mass is 32.1. The van der Waals surface area contributed by atoms with E-state index in [1.165, 1.54) is 12.8 Å². The van der Waals surface area contributed by atoms with Gasteiger partial charge in [-0.05, 0) is 25.0 Å². The molecule has 0 amide bonds. The van der Waals surface area contributed by atoms with Crippen molar-refractivity contribution in [3.05, 3.63) is 17.6 Å². The number of fused-ring (bicyclic) bond motifs is 1. The Hall–Kier alpha value is -1.16. The van der Waals surface area contributed by atoms with Crippen LogP contribution in [-0.4, -0.2) is 23.1 Å². The Morgan fingerprint density at radius 2 is 2.07 bits per heavy atom. The van der Waals surface area contributed by atoms with E-state index in [1.54, 1.807) is 11.3 Å². The summed E-state index contributed by atoms with van der Waals surface area (Å²) in [5.41, 5.74) is 2.86. The minimum Gasteiger partial charge on any atom is -0.357 e. The second-order valence-electron chi connectivity index (χ2n) is 3.54. The molecular weight excluding hydrogens is 194 g/mol. The third kappa shape index (κ3) is 1.26. The lowest BCUT2D eigenvalue weighted by Gasteiger charge is -2.15. The number of pyridine rings is 1. The Balaban J connectivity index is 2.04. The van der Waals surface area contributed by atoms with Crippen molar-refractivity contribution in [2.24, 2.45) is 0 Å². The fourth-order valence-electron chi connectivity index (χ4n) is 1.86. The normalized spacial score (nSPS) is 16.7. The molecule has 0 N–H and O–H groups in total. The van der Waals surface area contributed by atoms with Gasteiger partial charge in [0.05, 0.1) is 5.51 Å². The summed E-state index contributed by atoms with van der Waals surface area (Å²) in [6, 6.07) is 4.14. The lowest BCUT2D eigenvalue weighted by atomic mass is 10.4. The number of hydrogen-bond acceptors (Lipinski definition) is 4. The van der Waals surface area contributed by atoms with Gasteiger partial charge in [0.15, 0.2) is 0 Å². The number of rotatable bonds is 1. The number of thiazole rings is 1. The molecular formula is C10H11N3S. The average Bonchev–Trinajstić information content (AvgIpc) is 2.88. The van der Waals surface area contributed by atoms with Crippen LogP contribution in [0.5, 0.6) is 0 Å². The molecule has 0 bridgehead atoms. The molecule has 1 fully saturated rings. The van der Waals surface area contributed by atoms with E-state index in [4.69, 9.17) is 0 Å². The van der Waals surface area contributed by atoms with Crippen molar-refractivity contribution >= 4 is 27.5 Å². The zero-order valence-electron chi connectivity index (χ0n) is 7.81. The number of hydrogen-bond donors (Lipinski definition) is 0. The SMILES string of the molecule is c1nc2ccc(N3CCCC3)nc2s1. The van der Waals surface area contributed by atoms with Gasteiger partial charge in [0, 0.05) is 13.1 Å². The maximum absolute atomic E-state index is 4.60. The van der Waals surface area contributed by atoms with Crippen molar-refractivity contribution in [1.82, 2.24) is 9.97 Å². The second kappa shape index (κ2) is 3.20. The van der Waals surface area contributed by atoms with E-state index in [1.807, 2.05) is 5.51 Å². The van der Waals surface area contributed by atoms with E-state index in [0.29, 0.717) is 0 Å². The Bertz CT molecular complexity index is 445. The average molecular weight is 205 g/mol. The molecule has 0 atom stereocenters. The van der Waals surface area contributed by atoms with Crippen molar-refractivity contribution in [1.29, 1.82) is 0 Å². The van der Waals surface area contributed by atoms with Crippen molar-refractivity contribution in [2.75, 3.05) is 18.0 Å². The van der Waals surface area contributed by atoms with Gasteiger partial charge in [-0.1, -0.05) is 0 Å². The lowest BCUT2D eigenvalue weighted by molar-refractivity contribution is 0.945. The van der Waals surface area contributed by atoms with E-state index in [-0.39, 0.29) is 0 Å². The van der Waals surface area contributed by atoms with E-state index in [9.17, 15) is 0 Å². The zero-order valence-corrected chi connectivity index (χ0v) is 8.63. The van der Waals surface area contributed by atoms with Crippen LogP contribution in [0.3, 0.4) is 0 Å². The van der Waals surface area contributed by atoms with Crippen LogP contribution in [0.15, 0.2) is 17.6 Å². The predicted molar refractivity (Wildman–Crippen MR) is 58.9 cm³/mol. The molecule has 3 rings (SSSR count). The first-order chi connectivity index (χ1) is 6.93. The fraction of sp³-hybridized carbons (Fsp3) is 0.400. The van der Waals surface area contributed by atoms with Crippen LogP contribution in [-0.2, 0) is 0 Å². The fourth-order valence-corrected chi connectivity index (χ4v) is 2.52. The van der Waals surface area contributed by atoms with Crippen LogP contribution in [0.1, 0.15) is 12.8 Å². The molecule has 0 unspecified atom stereocenters. The highest BCUT2D eigenvalue weighted by Gasteiger charge is 2.13. The highest BCUT2D eigenvalue weighted by Crippen LogP contribution is 2.22. The summed E-state index contributed by atoms with van der Waals surface area (Å²) in [4.78, 5) is 12.2. The monoisotopic (exact) mass is 205 g/mol. The summed E-state index contributed by atoms with van der Waals surface area (Å²) in [6.45, 7) is 2.30. The number of aromatic nitrogens is 2. The van der Waals surface area contributed by atoms with Crippen LogP contribution >= 0.6 is 11.3 Å². The van der Waals surface area contributed by atoms with Gasteiger partial charge in [-0.3, -0.25) is 0 Å². The first kappa shape index (κ1) is 8.17. The van der Waals surface area contributed by atoms with Gasteiger partial charge >= 0.3 is 0 Å². The molecule has 0 radical (unpaired) electrons. The van der Waals surface area contributed by atoms with Gasteiger partial charge in [-0.15, -0.1) is 11.3 Å². The minimum atomic E-state index is 1.01. The van der Waals surface area contributed by atoms with Gasteiger partial charge in [0.2, 0.25) is 0 Å². The van der Waals surface area contributed by atoms with Crippen LogP contribution < -0.4 is 4.90 Å². The molecule has 2 aromatic rings. The Morgan fingerprint density at radius 3 is 2.93 bits per heavy atom. The number of anilines is 1. The molecule has 4 heteroatoms. The van der Waals surface area contributed by atoms with E-state index < -0.39 is 0 Å². The van der Waals surface area contributed by atoms with Crippen LogP contribution in [0.4, 0.5) is 5.82 Å². The Labute approximate surface area is 86.4 Å². The molecule has 3 heterocycles. The van der Waals surface area contributed by atoms with Gasteiger partial charge in [-0.2, -0.15) is 0 Å². The number of nitrogens with zero attached hydrogens (tertiary/aromatic N) is 3. The summed E-state index contributed by atoms with van der Waals surface area (Å²) in [5.74, 6) is 1.11. The molecule has 1 aliphatic heterocycles. The third-order valence-electron chi connectivity index (χ3n) is 2.61. The second-order valence-corrected chi connectivity index (χ2v) is 4.37. The largest absolute Gasteiger partial charge is 0.357 e. The van der Waals surface area contributed by atoms with E-state index in [0.717, 1.165) is 29.3 Å². The molecule has 1 saturated heterocycles. The molecule has 0 aromatic carbocycles. The topological polar surface area (TPSA) is 29.0 Å². The van der Waals surface area contributed by atoms with Gasteiger partial charge < -0.3 is 4.90 Å². The maximum atomic E-state index is 4.60. The molecule has 72 valence electrons. The molecule has 0 spiro atoms. The maximum Gasteiger partial charge on any atom is 0.145 e. The van der Waals surface area contributed by atoms with Crippen LogP contribution in [0, 0.1) is 0 Å². The highest BCUT2D eigenvalue weighted by molar-refractivity contribution is 7.16.